The number of carbonyl (C=O) groups excluding carboxylic acids is 2. The summed E-state index contributed by atoms with van der Waals surface area (Å²) in [6.07, 6.45) is -0.0216. The van der Waals surface area contributed by atoms with Crippen molar-refractivity contribution in [3.05, 3.63) is 35.4 Å². The van der Waals surface area contributed by atoms with Gasteiger partial charge in [-0.3, -0.25) is 9.59 Å². The van der Waals surface area contributed by atoms with Gasteiger partial charge in [0.25, 0.3) is 0 Å². The first-order valence-electron chi connectivity index (χ1n) is 7.15. The minimum atomic E-state index is -0.696. The molecule has 6 nitrogen and oxygen atoms in total. The van der Waals surface area contributed by atoms with E-state index >= 15 is 0 Å². The number of nitrogens with one attached hydrogen (secondary N) is 1. The number of nitrogens with zero attached hydrogens (tertiary/aromatic N) is 1. The number of hydrogen-bond donors (Lipinski definition) is 2. The third kappa shape index (κ3) is 2.91. The molecule has 2 atom stereocenters. The summed E-state index contributed by atoms with van der Waals surface area (Å²) in [6, 6.07) is 7.88. The van der Waals surface area contributed by atoms with Crippen molar-refractivity contribution in [2.24, 2.45) is 5.73 Å². The molecule has 2 aliphatic heterocycles. The summed E-state index contributed by atoms with van der Waals surface area (Å²) < 4.78 is 5.27. The summed E-state index contributed by atoms with van der Waals surface area (Å²) in [5, 5.41) is 3.27. The molecule has 2 unspecified atom stereocenters. The smallest absolute Gasteiger partial charge is 0.248 e. The molecule has 3 N–H and O–H groups in total. The zero-order valence-corrected chi connectivity index (χ0v) is 11.7. The Morgan fingerprint density at radius 1 is 1.29 bits per heavy atom. The topological polar surface area (TPSA) is 84.7 Å². The van der Waals surface area contributed by atoms with Crippen LogP contribution < -0.4 is 11.1 Å². The fourth-order valence-corrected chi connectivity index (χ4v) is 2.87. The lowest BCUT2D eigenvalue weighted by atomic mass is 9.95. The molecule has 0 bridgehead atoms. The number of benzene rings is 1. The summed E-state index contributed by atoms with van der Waals surface area (Å²) in [5.41, 5.74) is 7.69. The highest BCUT2D eigenvalue weighted by molar-refractivity contribution is 5.84. The van der Waals surface area contributed by atoms with Crippen LogP contribution in [-0.4, -0.2) is 48.6 Å². The van der Waals surface area contributed by atoms with Crippen LogP contribution in [0, 0.1) is 0 Å². The third-order valence-electron chi connectivity index (χ3n) is 4.07. The van der Waals surface area contributed by atoms with Crippen molar-refractivity contribution in [1.29, 1.82) is 0 Å². The van der Waals surface area contributed by atoms with Crippen molar-refractivity contribution in [3.8, 4) is 0 Å². The molecule has 2 aliphatic rings. The quantitative estimate of drug-likeness (QED) is 0.762. The molecule has 112 valence electrons. The van der Waals surface area contributed by atoms with Gasteiger partial charge in [-0.1, -0.05) is 24.3 Å². The van der Waals surface area contributed by atoms with Crippen LogP contribution in [0.1, 0.15) is 11.1 Å². The van der Waals surface area contributed by atoms with E-state index in [4.69, 9.17) is 10.5 Å². The summed E-state index contributed by atoms with van der Waals surface area (Å²) in [7, 11) is 0. The van der Waals surface area contributed by atoms with Crippen molar-refractivity contribution < 1.29 is 14.3 Å². The number of nitrogens with two attached hydrogens (primary N) is 1. The average Bonchev–Trinajstić information content (AvgIpc) is 2.53. The lowest BCUT2D eigenvalue weighted by Crippen LogP contribution is -2.56. The van der Waals surface area contributed by atoms with Gasteiger partial charge < -0.3 is 20.7 Å². The third-order valence-corrected chi connectivity index (χ3v) is 4.07. The van der Waals surface area contributed by atoms with Crippen molar-refractivity contribution in [1.82, 2.24) is 10.2 Å². The Labute approximate surface area is 123 Å². The normalized spacial score (nSPS) is 25.2. The maximum atomic E-state index is 12.6. The summed E-state index contributed by atoms with van der Waals surface area (Å²) in [4.78, 5) is 25.5. The van der Waals surface area contributed by atoms with E-state index in [0.717, 1.165) is 0 Å². The van der Waals surface area contributed by atoms with E-state index in [-0.39, 0.29) is 18.5 Å². The van der Waals surface area contributed by atoms with E-state index in [1.54, 1.807) is 4.90 Å². The van der Waals surface area contributed by atoms with Crippen molar-refractivity contribution in [3.63, 3.8) is 0 Å². The van der Waals surface area contributed by atoms with Crippen LogP contribution in [0.3, 0.4) is 0 Å². The SMILES string of the molecule is NC(=O)C1CN(C(=O)C2Cc3ccccc3CN2)CCO1. The van der Waals surface area contributed by atoms with Crippen molar-refractivity contribution in [2.45, 2.75) is 25.1 Å². The highest BCUT2D eigenvalue weighted by atomic mass is 16.5. The molecule has 0 aromatic heterocycles. The fraction of sp³-hybridized carbons (Fsp3) is 0.467. The molecule has 1 fully saturated rings. The molecule has 1 saturated heterocycles. The summed E-state index contributed by atoms with van der Waals surface area (Å²) in [6.45, 7) is 1.79. The second kappa shape index (κ2) is 5.83. The van der Waals surface area contributed by atoms with Gasteiger partial charge in [0.15, 0.2) is 6.10 Å². The maximum Gasteiger partial charge on any atom is 0.248 e. The lowest BCUT2D eigenvalue weighted by Gasteiger charge is -2.35. The molecule has 2 amide bonds. The highest BCUT2D eigenvalue weighted by Crippen LogP contribution is 2.18. The number of primary amides is 1. The predicted molar refractivity (Wildman–Crippen MR) is 76.3 cm³/mol. The van der Waals surface area contributed by atoms with Gasteiger partial charge in [-0.05, 0) is 17.5 Å². The molecule has 21 heavy (non-hydrogen) atoms. The molecule has 1 aromatic carbocycles. The second-order valence-electron chi connectivity index (χ2n) is 5.45. The van der Waals surface area contributed by atoms with Crippen LogP contribution in [0.5, 0.6) is 0 Å². The lowest BCUT2D eigenvalue weighted by molar-refractivity contribution is -0.147. The van der Waals surface area contributed by atoms with Crippen LogP contribution >= 0.6 is 0 Å². The minimum absolute atomic E-state index is 0.0130. The van der Waals surface area contributed by atoms with E-state index in [0.29, 0.717) is 26.1 Å². The first-order valence-corrected chi connectivity index (χ1v) is 7.15. The van der Waals surface area contributed by atoms with Gasteiger partial charge in [0.1, 0.15) is 0 Å². The second-order valence-corrected chi connectivity index (χ2v) is 5.45. The van der Waals surface area contributed by atoms with E-state index in [2.05, 4.69) is 17.4 Å². The molecule has 0 radical (unpaired) electrons. The van der Waals surface area contributed by atoms with Gasteiger partial charge in [-0.25, -0.2) is 0 Å². The molecule has 0 aliphatic carbocycles. The number of amides is 2. The Kier molecular flexibility index (Phi) is 3.90. The molecule has 1 aromatic rings. The van der Waals surface area contributed by atoms with Gasteiger partial charge in [-0.2, -0.15) is 0 Å². The number of carbonyl (C=O) groups is 2. The summed E-state index contributed by atoms with van der Waals surface area (Å²) in [5.74, 6) is -0.506. The first-order chi connectivity index (χ1) is 10.1. The molecule has 6 heteroatoms. The van der Waals surface area contributed by atoms with E-state index in [1.807, 2.05) is 12.1 Å². The minimum Gasteiger partial charge on any atom is -0.367 e. The Hall–Kier alpha value is -1.92. The standard InChI is InChI=1S/C15H19N3O3/c16-14(19)13-9-18(5-6-21-13)15(20)12-7-10-3-1-2-4-11(10)8-17-12/h1-4,12-13,17H,5-9H2,(H2,16,19). The maximum absolute atomic E-state index is 12.6. The van der Waals surface area contributed by atoms with Crippen LogP contribution in [0.25, 0.3) is 0 Å². The van der Waals surface area contributed by atoms with E-state index in [1.165, 1.54) is 11.1 Å². The van der Waals surface area contributed by atoms with Gasteiger partial charge in [0, 0.05) is 13.1 Å². The molecule has 0 saturated carbocycles. The summed E-state index contributed by atoms with van der Waals surface area (Å²) >= 11 is 0. The van der Waals surface area contributed by atoms with Crippen molar-refractivity contribution >= 4 is 11.8 Å². The fourth-order valence-electron chi connectivity index (χ4n) is 2.87. The monoisotopic (exact) mass is 289 g/mol. The van der Waals surface area contributed by atoms with Gasteiger partial charge in [0.2, 0.25) is 11.8 Å². The Morgan fingerprint density at radius 2 is 2.05 bits per heavy atom. The Bertz CT molecular complexity index is 561. The molecule has 3 rings (SSSR count). The van der Waals surface area contributed by atoms with Gasteiger partial charge in [-0.15, -0.1) is 0 Å². The number of fused-ring (bicyclic) bond motifs is 1. The molecular formula is C15H19N3O3. The number of hydrogen-bond acceptors (Lipinski definition) is 4. The van der Waals surface area contributed by atoms with E-state index in [9.17, 15) is 9.59 Å². The van der Waals surface area contributed by atoms with Crippen LogP contribution in [0.2, 0.25) is 0 Å². The highest BCUT2D eigenvalue weighted by Gasteiger charge is 2.32. The Balaban J connectivity index is 1.67. The van der Waals surface area contributed by atoms with Crippen LogP contribution in [-0.2, 0) is 27.3 Å². The van der Waals surface area contributed by atoms with Crippen molar-refractivity contribution in [2.75, 3.05) is 19.7 Å². The predicted octanol–water partition coefficient (Wildman–Crippen LogP) is -0.586. The van der Waals surface area contributed by atoms with Crippen LogP contribution in [0.15, 0.2) is 24.3 Å². The molecule has 2 heterocycles. The van der Waals surface area contributed by atoms with E-state index < -0.39 is 12.0 Å². The van der Waals surface area contributed by atoms with Gasteiger partial charge >= 0.3 is 0 Å². The molecule has 0 spiro atoms. The first kappa shape index (κ1) is 14.0. The van der Waals surface area contributed by atoms with Crippen LogP contribution in [0.4, 0.5) is 0 Å². The largest absolute Gasteiger partial charge is 0.367 e. The number of rotatable bonds is 2. The molecular weight excluding hydrogens is 270 g/mol. The van der Waals surface area contributed by atoms with Gasteiger partial charge in [0.05, 0.1) is 19.2 Å². The Morgan fingerprint density at radius 3 is 2.81 bits per heavy atom. The number of morpholine rings is 1. The average molecular weight is 289 g/mol. The number of ether oxygens (including phenoxy) is 1. The zero-order valence-electron chi connectivity index (χ0n) is 11.7. The zero-order chi connectivity index (χ0) is 14.8.